The number of rotatable bonds is 8. The summed E-state index contributed by atoms with van der Waals surface area (Å²) in [7, 11) is 0. The normalized spacial score (nSPS) is 10.5. The van der Waals surface area contributed by atoms with Crippen LogP contribution in [0.1, 0.15) is 36.5 Å². The second-order valence-electron chi connectivity index (χ2n) is 5.20. The molecule has 2 aromatic rings. The van der Waals surface area contributed by atoms with Gasteiger partial charge < -0.3 is 16.4 Å². The van der Waals surface area contributed by atoms with Crippen LogP contribution in [0.15, 0.2) is 24.4 Å². The van der Waals surface area contributed by atoms with Crippen LogP contribution < -0.4 is 16.4 Å². The molecule has 8 heteroatoms. The van der Waals surface area contributed by atoms with E-state index in [4.69, 9.17) is 17.3 Å². The maximum atomic E-state index is 13.5. The molecule has 1 aromatic heterocycles. The van der Waals surface area contributed by atoms with Crippen LogP contribution in [-0.2, 0) is 0 Å². The number of anilines is 3. The quantitative estimate of drug-likeness (QED) is 0.630. The smallest absolute Gasteiger partial charge is 0.250 e. The molecule has 0 saturated carbocycles. The maximum absolute atomic E-state index is 13.5. The number of nitrogens with one attached hydrogen (secondary N) is 2. The van der Waals surface area contributed by atoms with Crippen LogP contribution in [0.3, 0.4) is 0 Å². The van der Waals surface area contributed by atoms with Crippen LogP contribution in [0.25, 0.3) is 0 Å². The Hall–Kier alpha value is -2.41. The Morgan fingerprint density at radius 2 is 2.17 bits per heavy atom. The average Bonchev–Trinajstić information content (AvgIpc) is 2.54. The molecule has 128 valence electrons. The number of primary amides is 1. The summed E-state index contributed by atoms with van der Waals surface area (Å²) in [5.74, 6) is -0.529. The molecule has 0 aliphatic heterocycles. The maximum Gasteiger partial charge on any atom is 0.250 e. The summed E-state index contributed by atoms with van der Waals surface area (Å²) >= 11 is 6.08. The number of carbonyl (C=O) groups excluding carboxylic acids is 1. The van der Waals surface area contributed by atoms with Crippen molar-refractivity contribution in [2.45, 2.75) is 26.2 Å². The fourth-order valence-corrected chi connectivity index (χ4v) is 2.22. The Labute approximate surface area is 144 Å². The molecular formula is C16H19ClFN5O. The van der Waals surface area contributed by atoms with Crippen molar-refractivity contribution in [2.75, 3.05) is 17.2 Å². The Balaban J connectivity index is 2.20. The van der Waals surface area contributed by atoms with E-state index in [9.17, 15) is 9.18 Å². The van der Waals surface area contributed by atoms with Crippen molar-refractivity contribution in [2.24, 2.45) is 5.73 Å². The molecule has 0 aliphatic carbocycles. The third-order valence-corrected chi connectivity index (χ3v) is 3.58. The molecule has 0 aliphatic rings. The largest absolute Gasteiger partial charge is 0.366 e. The van der Waals surface area contributed by atoms with Gasteiger partial charge in [0.25, 0.3) is 5.91 Å². The molecule has 0 spiro atoms. The van der Waals surface area contributed by atoms with E-state index in [2.05, 4.69) is 27.5 Å². The summed E-state index contributed by atoms with van der Waals surface area (Å²) in [4.78, 5) is 19.8. The summed E-state index contributed by atoms with van der Waals surface area (Å²) < 4.78 is 13.5. The van der Waals surface area contributed by atoms with E-state index < -0.39 is 11.7 Å². The average molecular weight is 352 g/mol. The predicted molar refractivity (Wildman–Crippen MR) is 93.3 cm³/mol. The molecule has 0 saturated heterocycles. The van der Waals surface area contributed by atoms with Gasteiger partial charge in [0.2, 0.25) is 5.95 Å². The van der Waals surface area contributed by atoms with Gasteiger partial charge in [-0.2, -0.15) is 4.98 Å². The van der Waals surface area contributed by atoms with Crippen LogP contribution >= 0.6 is 11.6 Å². The summed E-state index contributed by atoms with van der Waals surface area (Å²) in [6.07, 6.45) is 4.66. The molecule has 4 N–H and O–H groups in total. The minimum Gasteiger partial charge on any atom is -0.366 e. The molecule has 1 aromatic carbocycles. The highest BCUT2D eigenvalue weighted by atomic mass is 35.5. The van der Waals surface area contributed by atoms with E-state index in [0.717, 1.165) is 37.9 Å². The van der Waals surface area contributed by atoms with E-state index in [1.54, 1.807) is 0 Å². The third-order valence-electron chi connectivity index (χ3n) is 3.31. The van der Waals surface area contributed by atoms with Crippen molar-refractivity contribution in [1.29, 1.82) is 0 Å². The molecule has 24 heavy (non-hydrogen) atoms. The highest BCUT2D eigenvalue weighted by molar-refractivity contribution is 6.33. The van der Waals surface area contributed by atoms with Crippen molar-refractivity contribution in [3.63, 3.8) is 0 Å². The summed E-state index contributed by atoms with van der Waals surface area (Å²) in [6.45, 7) is 2.86. The van der Waals surface area contributed by atoms with E-state index >= 15 is 0 Å². The number of amides is 1. The second-order valence-corrected chi connectivity index (χ2v) is 5.61. The van der Waals surface area contributed by atoms with Gasteiger partial charge in [-0.3, -0.25) is 4.79 Å². The number of hydrogen-bond acceptors (Lipinski definition) is 5. The van der Waals surface area contributed by atoms with E-state index in [1.165, 1.54) is 12.3 Å². The minimum atomic E-state index is -0.680. The molecule has 0 fully saturated rings. The van der Waals surface area contributed by atoms with Crippen molar-refractivity contribution in [3.05, 3.63) is 40.8 Å². The van der Waals surface area contributed by atoms with Crippen molar-refractivity contribution in [3.8, 4) is 0 Å². The monoisotopic (exact) mass is 351 g/mol. The van der Waals surface area contributed by atoms with Gasteiger partial charge in [0.1, 0.15) is 10.8 Å². The van der Waals surface area contributed by atoms with Crippen LogP contribution in [0.5, 0.6) is 0 Å². The van der Waals surface area contributed by atoms with Gasteiger partial charge in [-0.25, -0.2) is 9.37 Å². The molecule has 1 amide bonds. The number of hydrogen-bond donors (Lipinski definition) is 3. The highest BCUT2D eigenvalue weighted by Crippen LogP contribution is 2.26. The number of halogens is 2. The standard InChI is InChI=1S/C16H19ClFN5O/c1-2-3-4-7-20-16-21-9-12(17)15(23-16)22-13-8-10(18)5-6-11(13)14(19)24/h5-6,8-9H,2-4,7H2,1H3,(H2,19,24)(H2,20,21,22,23). The summed E-state index contributed by atoms with van der Waals surface area (Å²) in [5, 5.41) is 6.18. The zero-order valence-corrected chi connectivity index (χ0v) is 14.0. The SMILES string of the molecule is CCCCCNc1ncc(Cl)c(Nc2cc(F)ccc2C(N)=O)n1. The lowest BCUT2D eigenvalue weighted by Gasteiger charge is -2.12. The van der Waals surface area contributed by atoms with Gasteiger partial charge in [0.05, 0.1) is 17.4 Å². The van der Waals surface area contributed by atoms with Crippen molar-refractivity contribution in [1.82, 2.24) is 9.97 Å². The Morgan fingerprint density at radius 3 is 2.88 bits per heavy atom. The van der Waals surface area contributed by atoms with Crippen LogP contribution in [0.4, 0.5) is 21.8 Å². The highest BCUT2D eigenvalue weighted by Gasteiger charge is 2.12. The Kier molecular flexibility index (Phi) is 6.31. The van der Waals surface area contributed by atoms with E-state index in [-0.39, 0.29) is 22.1 Å². The zero-order valence-electron chi connectivity index (χ0n) is 13.3. The summed E-state index contributed by atoms with van der Waals surface area (Å²) in [5.41, 5.74) is 5.64. The first kappa shape index (κ1) is 17.9. The third kappa shape index (κ3) is 4.79. The van der Waals surface area contributed by atoms with Crippen LogP contribution in [0, 0.1) is 5.82 Å². The molecule has 6 nitrogen and oxygen atoms in total. The lowest BCUT2D eigenvalue weighted by Crippen LogP contribution is -2.14. The zero-order chi connectivity index (χ0) is 17.5. The van der Waals surface area contributed by atoms with Crippen molar-refractivity contribution >= 4 is 35.0 Å². The number of carbonyl (C=O) groups is 1. The van der Waals surface area contributed by atoms with Crippen LogP contribution in [0.2, 0.25) is 5.02 Å². The van der Waals surface area contributed by atoms with Gasteiger partial charge in [0.15, 0.2) is 5.82 Å². The molecular weight excluding hydrogens is 333 g/mol. The van der Waals surface area contributed by atoms with Gasteiger partial charge in [-0.1, -0.05) is 31.4 Å². The molecule has 0 bridgehead atoms. The first-order chi connectivity index (χ1) is 11.5. The molecule has 2 rings (SSSR count). The Bertz CT molecular complexity index is 726. The van der Waals surface area contributed by atoms with Gasteiger partial charge in [-0.05, 0) is 24.6 Å². The van der Waals surface area contributed by atoms with E-state index in [1.807, 2.05) is 0 Å². The number of nitrogens with two attached hydrogens (primary N) is 1. The fourth-order valence-electron chi connectivity index (χ4n) is 2.08. The first-order valence-corrected chi connectivity index (χ1v) is 8.02. The summed E-state index contributed by atoms with van der Waals surface area (Å²) in [6, 6.07) is 3.62. The molecule has 0 atom stereocenters. The number of unbranched alkanes of at least 4 members (excludes halogenated alkanes) is 2. The topological polar surface area (TPSA) is 92.9 Å². The molecule has 0 radical (unpaired) electrons. The van der Waals surface area contributed by atoms with Crippen LogP contribution in [-0.4, -0.2) is 22.4 Å². The number of nitrogens with zero attached hydrogens (tertiary/aromatic N) is 2. The molecule has 1 heterocycles. The minimum absolute atomic E-state index is 0.142. The van der Waals surface area contributed by atoms with Gasteiger partial charge in [0, 0.05) is 6.54 Å². The number of aromatic nitrogens is 2. The van der Waals surface area contributed by atoms with Gasteiger partial charge in [-0.15, -0.1) is 0 Å². The van der Waals surface area contributed by atoms with E-state index in [0.29, 0.717) is 5.95 Å². The lowest BCUT2D eigenvalue weighted by atomic mass is 10.1. The second kappa shape index (κ2) is 8.44. The molecule has 0 unspecified atom stereocenters. The fraction of sp³-hybridized carbons (Fsp3) is 0.312. The number of benzene rings is 1. The first-order valence-electron chi connectivity index (χ1n) is 7.64. The predicted octanol–water partition coefficient (Wildman–Crippen LogP) is 3.71. The Morgan fingerprint density at radius 1 is 1.38 bits per heavy atom. The van der Waals surface area contributed by atoms with Gasteiger partial charge >= 0.3 is 0 Å². The lowest BCUT2D eigenvalue weighted by molar-refractivity contribution is 0.100. The van der Waals surface area contributed by atoms with Crippen molar-refractivity contribution < 1.29 is 9.18 Å².